The summed E-state index contributed by atoms with van der Waals surface area (Å²) in [6, 6.07) is 10.1. The summed E-state index contributed by atoms with van der Waals surface area (Å²) in [5.41, 5.74) is 0.280. The predicted molar refractivity (Wildman–Crippen MR) is 98.3 cm³/mol. The van der Waals surface area contributed by atoms with E-state index < -0.39 is 27.7 Å². The van der Waals surface area contributed by atoms with Crippen molar-refractivity contribution >= 4 is 21.6 Å². The molecule has 0 heterocycles. The molecule has 0 spiro atoms. The summed E-state index contributed by atoms with van der Waals surface area (Å²) in [6.45, 7) is 1.43. The minimum Gasteiger partial charge on any atom is -0.497 e. The lowest BCUT2D eigenvalue weighted by Crippen LogP contribution is -2.25. The Morgan fingerprint density at radius 2 is 1.70 bits per heavy atom. The van der Waals surface area contributed by atoms with Gasteiger partial charge in [0.2, 0.25) is 5.78 Å². The number of carbonyl (C=O) groups excluding carboxylic acids is 2. The van der Waals surface area contributed by atoms with Crippen molar-refractivity contribution in [2.75, 3.05) is 20.5 Å². The first kappa shape index (κ1) is 20.4. The number of ketones is 1. The van der Waals surface area contributed by atoms with Gasteiger partial charge in [-0.1, -0.05) is 6.07 Å². The van der Waals surface area contributed by atoms with E-state index >= 15 is 0 Å². The third kappa shape index (κ3) is 4.85. The number of methoxy groups -OCH3 is 2. The SMILES string of the molecule is COc1ccc(C(=O)[C@H](C)OC(=O)c2cccc(S(C)(=O)=O)c2)c(OC)c1. The summed E-state index contributed by atoms with van der Waals surface area (Å²) in [7, 11) is -0.558. The number of esters is 1. The zero-order valence-electron chi connectivity index (χ0n) is 15.4. The average Bonchev–Trinajstić information content (AvgIpc) is 2.66. The second-order valence-electron chi connectivity index (χ2n) is 5.78. The van der Waals surface area contributed by atoms with Gasteiger partial charge >= 0.3 is 5.97 Å². The Morgan fingerprint density at radius 3 is 2.30 bits per heavy atom. The van der Waals surface area contributed by atoms with E-state index in [2.05, 4.69) is 0 Å². The topological polar surface area (TPSA) is 96.0 Å². The molecule has 2 aromatic carbocycles. The van der Waals surface area contributed by atoms with Crippen molar-refractivity contribution in [1.29, 1.82) is 0 Å². The van der Waals surface area contributed by atoms with Crippen LogP contribution in [-0.4, -0.2) is 46.7 Å². The number of Topliss-reactive ketones (excluding diaryl/α,β-unsaturated/α-hetero) is 1. The Balaban J connectivity index is 2.21. The van der Waals surface area contributed by atoms with Crippen LogP contribution >= 0.6 is 0 Å². The molecule has 27 heavy (non-hydrogen) atoms. The molecule has 0 bridgehead atoms. The van der Waals surface area contributed by atoms with Gasteiger partial charge < -0.3 is 14.2 Å². The number of ether oxygens (including phenoxy) is 3. The standard InChI is InChI=1S/C19H20O7S/c1-12(18(20)16-9-8-14(24-2)11-17(16)25-3)26-19(21)13-6-5-7-15(10-13)27(4,22)23/h5-12H,1-4H3/t12-/m0/s1. The van der Waals surface area contributed by atoms with E-state index in [9.17, 15) is 18.0 Å². The van der Waals surface area contributed by atoms with Gasteiger partial charge in [0.15, 0.2) is 15.9 Å². The van der Waals surface area contributed by atoms with E-state index in [1.54, 1.807) is 12.1 Å². The lowest BCUT2D eigenvalue weighted by atomic mass is 10.1. The molecule has 0 saturated carbocycles. The van der Waals surface area contributed by atoms with Crippen LogP contribution in [0, 0.1) is 0 Å². The van der Waals surface area contributed by atoms with Crippen LogP contribution in [-0.2, 0) is 14.6 Å². The average molecular weight is 392 g/mol. The van der Waals surface area contributed by atoms with E-state index in [1.165, 1.54) is 51.5 Å². The van der Waals surface area contributed by atoms with Gasteiger partial charge in [-0.25, -0.2) is 13.2 Å². The maximum Gasteiger partial charge on any atom is 0.338 e. The van der Waals surface area contributed by atoms with Gasteiger partial charge in [0.1, 0.15) is 11.5 Å². The molecule has 8 heteroatoms. The molecule has 7 nitrogen and oxygen atoms in total. The molecular formula is C19H20O7S. The molecule has 0 aliphatic carbocycles. The van der Waals surface area contributed by atoms with Crippen LogP contribution in [0.4, 0.5) is 0 Å². The monoisotopic (exact) mass is 392 g/mol. The second-order valence-corrected chi connectivity index (χ2v) is 7.79. The van der Waals surface area contributed by atoms with Crippen LogP contribution in [0.25, 0.3) is 0 Å². The molecule has 0 amide bonds. The van der Waals surface area contributed by atoms with Crippen molar-refractivity contribution in [3.05, 3.63) is 53.6 Å². The lowest BCUT2D eigenvalue weighted by molar-refractivity contribution is 0.0317. The number of benzene rings is 2. The molecule has 1 atom stereocenters. The van der Waals surface area contributed by atoms with Crippen LogP contribution in [0.3, 0.4) is 0 Å². The molecule has 0 N–H and O–H groups in total. The highest BCUT2D eigenvalue weighted by Gasteiger charge is 2.24. The molecule has 144 valence electrons. The van der Waals surface area contributed by atoms with Gasteiger partial charge in [-0.05, 0) is 37.3 Å². The van der Waals surface area contributed by atoms with Crippen LogP contribution in [0.1, 0.15) is 27.6 Å². The second kappa shape index (κ2) is 8.22. The number of sulfone groups is 1. The molecule has 0 fully saturated rings. The molecule has 2 aromatic rings. The van der Waals surface area contributed by atoms with Gasteiger partial charge in [0.05, 0.1) is 30.2 Å². The van der Waals surface area contributed by atoms with Gasteiger partial charge in [-0.3, -0.25) is 4.79 Å². The Kier molecular flexibility index (Phi) is 6.22. The first-order chi connectivity index (χ1) is 12.7. The Bertz CT molecular complexity index is 964. The number of hydrogen-bond donors (Lipinski definition) is 0. The van der Waals surface area contributed by atoms with E-state index in [0.717, 1.165) is 6.26 Å². The summed E-state index contributed by atoms with van der Waals surface area (Å²) in [5, 5.41) is 0. The smallest absolute Gasteiger partial charge is 0.338 e. The van der Waals surface area contributed by atoms with Gasteiger partial charge in [0.25, 0.3) is 0 Å². The van der Waals surface area contributed by atoms with Crippen molar-refractivity contribution in [1.82, 2.24) is 0 Å². The fraction of sp³-hybridized carbons (Fsp3) is 0.263. The Morgan fingerprint density at radius 1 is 1.00 bits per heavy atom. The molecule has 0 aliphatic heterocycles. The Labute approximate surface area is 157 Å². The van der Waals surface area contributed by atoms with Gasteiger partial charge in [-0.2, -0.15) is 0 Å². The lowest BCUT2D eigenvalue weighted by Gasteiger charge is -2.15. The van der Waals surface area contributed by atoms with E-state index in [4.69, 9.17) is 14.2 Å². The quantitative estimate of drug-likeness (QED) is 0.528. The van der Waals surface area contributed by atoms with Crippen molar-refractivity contribution in [3.8, 4) is 11.5 Å². The first-order valence-electron chi connectivity index (χ1n) is 7.94. The van der Waals surface area contributed by atoms with Gasteiger partial charge in [0, 0.05) is 12.3 Å². The van der Waals surface area contributed by atoms with Crippen LogP contribution in [0.5, 0.6) is 11.5 Å². The fourth-order valence-corrected chi connectivity index (χ4v) is 3.02. The third-order valence-corrected chi connectivity index (χ3v) is 4.94. The molecule has 0 unspecified atom stereocenters. The third-order valence-electron chi connectivity index (χ3n) is 3.83. The highest BCUT2D eigenvalue weighted by atomic mass is 32.2. The number of hydrogen-bond acceptors (Lipinski definition) is 7. The molecule has 0 aromatic heterocycles. The van der Waals surface area contributed by atoms with E-state index in [0.29, 0.717) is 11.5 Å². The van der Waals surface area contributed by atoms with Crippen LogP contribution < -0.4 is 9.47 Å². The summed E-state index contributed by atoms with van der Waals surface area (Å²) >= 11 is 0. The fourth-order valence-electron chi connectivity index (χ4n) is 2.36. The first-order valence-corrected chi connectivity index (χ1v) is 9.84. The zero-order chi connectivity index (χ0) is 20.2. The number of carbonyl (C=O) groups is 2. The maximum atomic E-state index is 12.6. The summed E-state index contributed by atoms with van der Waals surface area (Å²) < 4.78 is 38.7. The summed E-state index contributed by atoms with van der Waals surface area (Å²) in [4.78, 5) is 24.9. The normalized spacial score (nSPS) is 12.1. The molecule has 2 rings (SSSR count). The van der Waals surface area contributed by atoms with Crippen molar-refractivity contribution < 1.29 is 32.2 Å². The summed E-state index contributed by atoms with van der Waals surface area (Å²) in [6.07, 6.45) is -0.0544. The Hall–Kier alpha value is -2.87. The van der Waals surface area contributed by atoms with Crippen LogP contribution in [0.15, 0.2) is 47.4 Å². The number of rotatable bonds is 7. The van der Waals surface area contributed by atoms with Gasteiger partial charge in [-0.15, -0.1) is 0 Å². The minimum absolute atomic E-state index is 0.00671. The van der Waals surface area contributed by atoms with Crippen molar-refractivity contribution in [2.24, 2.45) is 0 Å². The highest BCUT2D eigenvalue weighted by Crippen LogP contribution is 2.26. The molecular weight excluding hydrogens is 372 g/mol. The van der Waals surface area contributed by atoms with Crippen molar-refractivity contribution in [2.45, 2.75) is 17.9 Å². The minimum atomic E-state index is -3.47. The van der Waals surface area contributed by atoms with Crippen LogP contribution in [0.2, 0.25) is 0 Å². The maximum absolute atomic E-state index is 12.6. The molecule has 0 aliphatic rings. The largest absolute Gasteiger partial charge is 0.497 e. The highest BCUT2D eigenvalue weighted by molar-refractivity contribution is 7.90. The van der Waals surface area contributed by atoms with E-state index in [1.807, 2.05) is 0 Å². The zero-order valence-corrected chi connectivity index (χ0v) is 16.2. The molecule has 0 saturated heterocycles. The molecule has 0 radical (unpaired) electrons. The summed E-state index contributed by atoms with van der Waals surface area (Å²) in [5.74, 6) is -0.442. The van der Waals surface area contributed by atoms with E-state index in [-0.39, 0.29) is 16.0 Å². The van der Waals surface area contributed by atoms with Crippen molar-refractivity contribution in [3.63, 3.8) is 0 Å². The predicted octanol–water partition coefficient (Wildman–Crippen LogP) is 2.54.